The van der Waals surface area contributed by atoms with Gasteiger partial charge in [0.1, 0.15) is 18.1 Å². The van der Waals surface area contributed by atoms with Crippen LogP contribution in [0.3, 0.4) is 0 Å². The molecule has 24 heavy (non-hydrogen) atoms. The predicted molar refractivity (Wildman–Crippen MR) is 91.2 cm³/mol. The zero-order valence-corrected chi connectivity index (χ0v) is 14.3. The Kier molecular flexibility index (Phi) is 5.94. The van der Waals surface area contributed by atoms with E-state index < -0.39 is 9.84 Å². The number of carbonyl (C=O) groups excluding carboxylic acids is 1. The molecule has 2 aromatic rings. The second kappa shape index (κ2) is 7.94. The maximum Gasteiger partial charge on any atom is 0.250 e. The van der Waals surface area contributed by atoms with Crippen molar-refractivity contribution < 1.29 is 22.7 Å². The zero-order valence-electron chi connectivity index (χ0n) is 13.5. The largest absolute Gasteiger partial charge is 0.457 e. The molecule has 1 amide bonds. The summed E-state index contributed by atoms with van der Waals surface area (Å²) in [6, 6.07) is 13.0. The average molecular weight is 349 g/mol. The lowest BCUT2D eigenvalue weighted by Crippen LogP contribution is -2.18. The van der Waals surface area contributed by atoms with Gasteiger partial charge in [-0.3, -0.25) is 4.79 Å². The third kappa shape index (κ3) is 5.36. The maximum atomic E-state index is 11.5. The van der Waals surface area contributed by atoms with Crippen LogP contribution in [-0.4, -0.2) is 33.8 Å². The second-order valence-electron chi connectivity index (χ2n) is 5.06. The number of nitrogens with one attached hydrogen (secondary N) is 1. The molecule has 0 atom stereocenters. The van der Waals surface area contributed by atoms with Crippen molar-refractivity contribution >= 4 is 21.4 Å². The molecule has 0 aliphatic rings. The lowest BCUT2D eigenvalue weighted by Gasteiger charge is -2.08. The van der Waals surface area contributed by atoms with Crippen molar-refractivity contribution in [3.8, 4) is 11.5 Å². The van der Waals surface area contributed by atoms with Gasteiger partial charge in [-0.05, 0) is 55.5 Å². The smallest absolute Gasteiger partial charge is 0.250 e. The van der Waals surface area contributed by atoms with Gasteiger partial charge in [0.15, 0.2) is 9.84 Å². The minimum absolute atomic E-state index is 0.0153. The third-order valence-electron chi connectivity index (χ3n) is 3.06. The van der Waals surface area contributed by atoms with Crippen LogP contribution < -0.4 is 10.1 Å². The first-order valence-corrected chi connectivity index (χ1v) is 9.23. The highest BCUT2D eigenvalue weighted by atomic mass is 32.2. The van der Waals surface area contributed by atoms with Crippen molar-refractivity contribution in [2.45, 2.75) is 11.8 Å². The van der Waals surface area contributed by atoms with Gasteiger partial charge >= 0.3 is 0 Å². The fourth-order valence-corrected chi connectivity index (χ4v) is 2.52. The molecule has 0 bridgehead atoms. The summed E-state index contributed by atoms with van der Waals surface area (Å²) in [4.78, 5) is 11.8. The SMILES string of the molecule is CCOCC(=O)Nc1ccc(Oc2ccc(S(C)(=O)=O)cc2)cc1. The summed E-state index contributed by atoms with van der Waals surface area (Å²) < 4.78 is 33.5. The van der Waals surface area contributed by atoms with Gasteiger partial charge in [-0.1, -0.05) is 0 Å². The molecule has 1 N–H and O–H groups in total. The minimum Gasteiger partial charge on any atom is -0.457 e. The van der Waals surface area contributed by atoms with E-state index in [4.69, 9.17) is 9.47 Å². The topological polar surface area (TPSA) is 81.7 Å². The molecule has 2 aromatic carbocycles. The highest BCUT2D eigenvalue weighted by Gasteiger charge is 2.07. The minimum atomic E-state index is -3.22. The fourth-order valence-electron chi connectivity index (χ4n) is 1.89. The standard InChI is InChI=1S/C17H19NO5S/c1-3-22-12-17(19)18-13-4-6-14(7-5-13)23-15-8-10-16(11-9-15)24(2,20)21/h4-11H,3,12H2,1-2H3,(H,18,19). The van der Waals surface area contributed by atoms with Crippen LogP contribution in [-0.2, 0) is 19.4 Å². The second-order valence-corrected chi connectivity index (χ2v) is 7.07. The first-order chi connectivity index (χ1) is 11.4. The third-order valence-corrected chi connectivity index (χ3v) is 4.19. The van der Waals surface area contributed by atoms with E-state index in [2.05, 4.69) is 5.32 Å². The van der Waals surface area contributed by atoms with Gasteiger partial charge in [0.05, 0.1) is 4.90 Å². The molecule has 0 fully saturated rings. The molecule has 6 nitrogen and oxygen atoms in total. The Balaban J connectivity index is 1.97. The molecule has 2 rings (SSSR count). The van der Waals surface area contributed by atoms with E-state index in [9.17, 15) is 13.2 Å². The first-order valence-electron chi connectivity index (χ1n) is 7.34. The van der Waals surface area contributed by atoms with Crippen molar-refractivity contribution in [3.63, 3.8) is 0 Å². The summed E-state index contributed by atoms with van der Waals surface area (Å²) >= 11 is 0. The average Bonchev–Trinajstić information content (AvgIpc) is 2.54. The number of hydrogen-bond donors (Lipinski definition) is 1. The van der Waals surface area contributed by atoms with E-state index >= 15 is 0 Å². The Labute approximate surface area is 141 Å². The lowest BCUT2D eigenvalue weighted by molar-refractivity contribution is -0.120. The van der Waals surface area contributed by atoms with E-state index in [1.165, 1.54) is 12.1 Å². The Hall–Kier alpha value is -2.38. The highest BCUT2D eigenvalue weighted by molar-refractivity contribution is 7.90. The summed E-state index contributed by atoms with van der Waals surface area (Å²) in [6.45, 7) is 2.32. The van der Waals surface area contributed by atoms with Gasteiger partial charge in [0.25, 0.3) is 0 Å². The quantitative estimate of drug-likeness (QED) is 0.831. The maximum absolute atomic E-state index is 11.5. The van der Waals surface area contributed by atoms with E-state index in [-0.39, 0.29) is 17.4 Å². The number of amides is 1. The van der Waals surface area contributed by atoms with Gasteiger partial charge in [-0.15, -0.1) is 0 Å². The van der Waals surface area contributed by atoms with E-state index in [1.54, 1.807) is 36.4 Å². The van der Waals surface area contributed by atoms with Crippen LogP contribution in [0, 0.1) is 0 Å². The first kappa shape index (κ1) is 18.0. The number of benzene rings is 2. The lowest BCUT2D eigenvalue weighted by atomic mass is 10.3. The number of rotatable bonds is 7. The van der Waals surface area contributed by atoms with Gasteiger partial charge in [0, 0.05) is 18.6 Å². The predicted octanol–water partition coefficient (Wildman–Crippen LogP) is 2.86. The molecule has 0 aromatic heterocycles. The van der Waals surface area contributed by atoms with E-state index in [0.29, 0.717) is 23.8 Å². The van der Waals surface area contributed by atoms with Crippen molar-refractivity contribution in [3.05, 3.63) is 48.5 Å². The molecule has 7 heteroatoms. The Morgan fingerprint density at radius 1 is 1.00 bits per heavy atom. The summed E-state index contributed by atoms with van der Waals surface area (Å²) in [6.07, 6.45) is 1.15. The number of carbonyl (C=O) groups is 1. The monoisotopic (exact) mass is 349 g/mol. The number of sulfone groups is 1. The molecule has 0 radical (unpaired) electrons. The summed E-state index contributed by atoms with van der Waals surface area (Å²) in [5, 5.41) is 2.71. The van der Waals surface area contributed by atoms with Gasteiger partial charge < -0.3 is 14.8 Å². The molecule has 0 heterocycles. The van der Waals surface area contributed by atoms with E-state index in [0.717, 1.165) is 6.26 Å². The summed E-state index contributed by atoms with van der Waals surface area (Å²) in [5.74, 6) is 0.877. The number of ether oxygens (including phenoxy) is 2. The van der Waals surface area contributed by atoms with E-state index in [1.807, 2.05) is 6.92 Å². The molecular weight excluding hydrogens is 330 g/mol. The van der Waals surface area contributed by atoms with Crippen LogP contribution in [0.1, 0.15) is 6.92 Å². The molecule has 128 valence electrons. The normalized spacial score (nSPS) is 11.1. The van der Waals surface area contributed by atoms with Gasteiger partial charge in [-0.2, -0.15) is 0 Å². The summed E-state index contributed by atoms with van der Waals surface area (Å²) in [7, 11) is -3.22. The van der Waals surface area contributed by atoms with Gasteiger partial charge in [0.2, 0.25) is 5.91 Å². The number of anilines is 1. The molecular formula is C17H19NO5S. The molecule has 0 spiro atoms. The number of hydrogen-bond acceptors (Lipinski definition) is 5. The molecule has 0 saturated carbocycles. The molecule has 0 aliphatic heterocycles. The van der Waals surface area contributed by atoms with Crippen molar-refractivity contribution in [2.75, 3.05) is 24.8 Å². The van der Waals surface area contributed by atoms with Crippen molar-refractivity contribution in [1.29, 1.82) is 0 Å². The van der Waals surface area contributed by atoms with Crippen molar-refractivity contribution in [2.24, 2.45) is 0 Å². The highest BCUT2D eigenvalue weighted by Crippen LogP contribution is 2.24. The zero-order chi connectivity index (χ0) is 17.6. The van der Waals surface area contributed by atoms with Crippen LogP contribution in [0.15, 0.2) is 53.4 Å². The van der Waals surface area contributed by atoms with Crippen LogP contribution in [0.4, 0.5) is 5.69 Å². The fraction of sp³-hybridized carbons (Fsp3) is 0.235. The summed E-state index contributed by atoms with van der Waals surface area (Å²) in [5.41, 5.74) is 0.638. The Morgan fingerprint density at radius 2 is 1.54 bits per heavy atom. The molecule has 0 unspecified atom stereocenters. The Morgan fingerprint density at radius 3 is 2.04 bits per heavy atom. The van der Waals surface area contributed by atoms with Crippen LogP contribution >= 0.6 is 0 Å². The Bertz CT molecular complexity index is 783. The van der Waals surface area contributed by atoms with Gasteiger partial charge in [-0.25, -0.2) is 8.42 Å². The van der Waals surface area contributed by atoms with Crippen LogP contribution in [0.25, 0.3) is 0 Å². The van der Waals surface area contributed by atoms with Crippen LogP contribution in [0.5, 0.6) is 11.5 Å². The molecule has 0 saturated heterocycles. The van der Waals surface area contributed by atoms with Crippen LogP contribution in [0.2, 0.25) is 0 Å². The van der Waals surface area contributed by atoms with Crippen molar-refractivity contribution in [1.82, 2.24) is 0 Å². The molecule has 0 aliphatic carbocycles.